The van der Waals surface area contributed by atoms with E-state index < -0.39 is 10.0 Å². The molecule has 2 aromatic carbocycles. The molecule has 2 heterocycles. The topological polar surface area (TPSA) is 75.9 Å². The Bertz CT molecular complexity index is 1020. The van der Waals surface area contributed by atoms with Crippen LogP contribution in [-0.4, -0.2) is 52.6 Å². The molecular weight excluding hydrogens is 534 g/mol. The van der Waals surface area contributed by atoms with Gasteiger partial charge in [0.15, 0.2) is 0 Å². The molecule has 1 saturated heterocycles. The van der Waals surface area contributed by atoms with Gasteiger partial charge in [-0.3, -0.25) is 4.90 Å². The SMILES string of the molecule is NS(=O)(=O)c1ccc(N2CCN(CC[C@@H]3OCCc4cc(Br)ccc43)CC2)c(Br)c1. The van der Waals surface area contributed by atoms with Crippen molar-refractivity contribution in [2.45, 2.75) is 23.8 Å². The maximum Gasteiger partial charge on any atom is 0.238 e. The third kappa shape index (κ3) is 5.08. The van der Waals surface area contributed by atoms with Crippen LogP contribution in [0.4, 0.5) is 5.69 Å². The average molecular weight is 559 g/mol. The van der Waals surface area contributed by atoms with Crippen molar-refractivity contribution in [2.24, 2.45) is 5.14 Å². The van der Waals surface area contributed by atoms with E-state index in [-0.39, 0.29) is 11.0 Å². The Balaban J connectivity index is 1.33. The highest BCUT2D eigenvalue weighted by Crippen LogP contribution is 2.32. The predicted octanol–water partition coefficient (Wildman–Crippen LogP) is 3.69. The van der Waals surface area contributed by atoms with Gasteiger partial charge in [0, 0.05) is 41.7 Å². The summed E-state index contributed by atoms with van der Waals surface area (Å²) in [6.07, 6.45) is 2.13. The number of primary sulfonamides is 1. The Morgan fingerprint density at radius 2 is 1.83 bits per heavy atom. The average Bonchev–Trinajstić information content (AvgIpc) is 2.71. The smallest absolute Gasteiger partial charge is 0.238 e. The van der Waals surface area contributed by atoms with Crippen molar-refractivity contribution in [3.63, 3.8) is 0 Å². The second-order valence-corrected chi connectivity index (χ2v) is 11.1. The van der Waals surface area contributed by atoms with Crippen LogP contribution in [0.2, 0.25) is 0 Å². The Kier molecular flexibility index (Phi) is 6.86. The lowest BCUT2D eigenvalue weighted by Gasteiger charge is -2.37. The van der Waals surface area contributed by atoms with Gasteiger partial charge in [-0.25, -0.2) is 13.6 Å². The summed E-state index contributed by atoms with van der Waals surface area (Å²) >= 11 is 7.06. The van der Waals surface area contributed by atoms with Crippen molar-refractivity contribution in [3.8, 4) is 0 Å². The Morgan fingerprint density at radius 1 is 1.07 bits per heavy atom. The summed E-state index contributed by atoms with van der Waals surface area (Å²) in [5.41, 5.74) is 3.71. The molecule has 0 bridgehead atoms. The molecule has 0 radical (unpaired) electrons. The van der Waals surface area contributed by atoms with Gasteiger partial charge in [0.05, 0.1) is 23.3 Å². The van der Waals surface area contributed by atoms with Crippen molar-refractivity contribution in [1.29, 1.82) is 0 Å². The number of nitrogens with zero attached hydrogens (tertiary/aromatic N) is 2. The van der Waals surface area contributed by atoms with Crippen LogP contribution in [0.15, 0.2) is 50.2 Å². The Hall–Kier alpha value is -0.970. The third-order valence-corrected chi connectivity index (χ3v) is 7.85. The van der Waals surface area contributed by atoms with Crippen molar-refractivity contribution in [3.05, 3.63) is 56.5 Å². The van der Waals surface area contributed by atoms with Crippen LogP contribution < -0.4 is 10.0 Å². The number of piperazine rings is 1. The zero-order chi connectivity index (χ0) is 21.3. The zero-order valence-corrected chi connectivity index (χ0v) is 20.5. The van der Waals surface area contributed by atoms with Gasteiger partial charge in [-0.1, -0.05) is 22.0 Å². The van der Waals surface area contributed by atoms with E-state index in [2.05, 4.69) is 59.9 Å². The second-order valence-electron chi connectivity index (χ2n) is 7.73. The van der Waals surface area contributed by atoms with E-state index in [4.69, 9.17) is 9.88 Å². The van der Waals surface area contributed by atoms with Crippen molar-refractivity contribution in [1.82, 2.24) is 4.90 Å². The second kappa shape index (κ2) is 9.26. The lowest BCUT2D eigenvalue weighted by Crippen LogP contribution is -2.47. The van der Waals surface area contributed by atoms with Crippen LogP contribution in [0.25, 0.3) is 0 Å². The number of nitrogens with two attached hydrogens (primary N) is 1. The summed E-state index contributed by atoms with van der Waals surface area (Å²) in [5, 5.41) is 5.22. The molecule has 2 aromatic rings. The van der Waals surface area contributed by atoms with Crippen LogP contribution in [0, 0.1) is 0 Å². The monoisotopic (exact) mass is 557 g/mol. The summed E-state index contributed by atoms with van der Waals surface area (Å²) < 4.78 is 31.0. The maximum absolute atomic E-state index is 11.5. The Labute approximate surface area is 194 Å². The molecule has 1 atom stereocenters. The lowest BCUT2D eigenvalue weighted by atomic mass is 9.95. The molecular formula is C21H25Br2N3O3S. The van der Waals surface area contributed by atoms with Crippen LogP contribution in [0.1, 0.15) is 23.7 Å². The Morgan fingerprint density at radius 3 is 2.53 bits per heavy atom. The summed E-state index contributed by atoms with van der Waals surface area (Å²) in [6.45, 7) is 5.49. The van der Waals surface area contributed by atoms with Gasteiger partial charge in [-0.15, -0.1) is 0 Å². The van der Waals surface area contributed by atoms with Crippen LogP contribution >= 0.6 is 31.9 Å². The van der Waals surface area contributed by atoms with Crippen LogP contribution in [0.5, 0.6) is 0 Å². The minimum atomic E-state index is -3.69. The lowest BCUT2D eigenvalue weighted by molar-refractivity contribution is 0.0289. The molecule has 9 heteroatoms. The van der Waals surface area contributed by atoms with Gasteiger partial charge < -0.3 is 9.64 Å². The number of halogens is 2. The first-order valence-corrected chi connectivity index (χ1v) is 13.1. The first-order valence-electron chi connectivity index (χ1n) is 10.0. The molecule has 30 heavy (non-hydrogen) atoms. The van der Waals surface area contributed by atoms with Crippen molar-refractivity contribution in [2.75, 3.05) is 44.2 Å². The first kappa shape index (κ1) is 22.2. The summed E-state index contributed by atoms with van der Waals surface area (Å²) in [5.74, 6) is 0. The van der Waals surface area contributed by atoms with E-state index in [9.17, 15) is 8.42 Å². The number of rotatable bonds is 5. The number of sulfonamides is 1. The standard InChI is InChI=1S/C21H25Br2N3O3S/c22-16-1-3-18-15(13-16)6-12-29-21(18)5-7-25-8-10-26(11-9-25)20-4-2-17(14-19(20)23)30(24,27)28/h1-4,13-14,21H,5-12H2,(H2,24,27,28)/t21-/m0/s1. The van der Waals surface area contributed by atoms with Gasteiger partial charge in [0.25, 0.3) is 0 Å². The fraction of sp³-hybridized carbons (Fsp3) is 0.429. The number of benzene rings is 2. The largest absolute Gasteiger partial charge is 0.373 e. The van der Waals surface area contributed by atoms with Crippen LogP contribution in [0.3, 0.4) is 0 Å². The van der Waals surface area contributed by atoms with Crippen molar-refractivity contribution < 1.29 is 13.2 Å². The van der Waals surface area contributed by atoms with E-state index in [0.717, 1.165) is 66.8 Å². The molecule has 1 fully saturated rings. The highest BCUT2D eigenvalue weighted by atomic mass is 79.9. The molecule has 0 aromatic heterocycles. The minimum Gasteiger partial charge on any atom is -0.373 e. The number of hydrogen-bond acceptors (Lipinski definition) is 5. The molecule has 0 spiro atoms. The fourth-order valence-corrected chi connectivity index (χ4v) is 5.91. The maximum atomic E-state index is 11.5. The first-order chi connectivity index (χ1) is 14.3. The van der Waals surface area contributed by atoms with Gasteiger partial charge in [0.1, 0.15) is 0 Å². The number of anilines is 1. The van der Waals surface area contributed by atoms with Gasteiger partial charge >= 0.3 is 0 Å². The van der Waals surface area contributed by atoms with E-state index in [0.29, 0.717) is 0 Å². The number of fused-ring (bicyclic) bond motifs is 1. The molecule has 0 aliphatic carbocycles. The molecule has 0 saturated carbocycles. The van der Waals surface area contributed by atoms with Gasteiger partial charge in [-0.05, 0) is 70.2 Å². The molecule has 0 amide bonds. The molecule has 2 N–H and O–H groups in total. The van der Waals surface area contributed by atoms with Crippen LogP contribution in [-0.2, 0) is 21.2 Å². The highest BCUT2D eigenvalue weighted by Gasteiger charge is 2.24. The highest BCUT2D eigenvalue weighted by molar-refractivity contribution is 9.10. The molecule has 2 aliphatic heterocycles. The molecule has 4 rings (SSSR count). The normalized spacial score (nSPS) is 20.2. The minimum absolute atomic E-state index is 0.122. The van der Waals surface area contributed by atoms with Gasteiger partial charge in [-0.2, -0.15) is 0 Å². The molecule has 6 nitrogen and oxygen atoms in total. The summed E-state index contributed by atoms with van der Waals surface area (Å²) in [7, 11) is -3.69. The van der Waals surface area contributed by atoms with Gasteiger partial charge in [0.2, 0.25) is 10.0 Å². The number of ether oxygens (including phenoxy) is 1. The van der Waals surface area contributed by atoms with Crippen molar-refractivity contribution >= 4 is 47.6 Å². The number of hydrogen-bond donors (Lipinski definition) is 1. The third-order valence-electron chi connectivity index (χ3n) is 5.81. The molecule has 0 unspecified atom stereocenters. The predicted molar refractivity (Wildman–Crippen MR) is 125 cm³/mol. The fourth-order valence-electron chi connectivity index (χ4n) is 4.18. The summed E-state index contributed by atoms with van der Waals surface area (Å²) in [4.78, 5) is 4.87. The van der Waals surface area contributed by atoms with E-state index in [1.54, 1.807) is 12.1 Å². The van der Waals surface area contributed by atoms with E-state index in [1.807, 2.05) is 6.07 Å². The quantitative estimate of drug-likeness (QED) is 0.606. The summed E-state index contributed by atoms with van der Waals surface area (Å²) in [6, 6.07) is 11.5. The van der Waals surface area contributed by atoms with E-state index in [1.165, 1.54) is 11.1 Å². The molecule has 162 valence electrons. The molecule has 2 aliphatic rings. The zero-order valence-electron chi connectivity index (χ0n) is 16.6. The van der Waals surface area contributed by atoms with E-state index >= 15 is 0 Å².